The zero-order valence-corrected chi connectivity index (χ0v) is 11.3. The summed E-state index contributed by atoms with van der Waals surface area (Å²) in [5.41, 5.74) is -1.05. The number of hydrogen-bond donors (Lipinski definition) is 0. The van der Waals surface area contributed by atoms with E-state index in [2.05, 4.69) is 0 Å². The molecule has 0 aromatic heterocycles. The largest absolute Gasteiger partial charge is 0.465 e. The van der Waals surface area contributed by atoms with Gasteiger partial charge in [-0.05, 0) is 52.3 Å². The second-order valence-electron chi connectivity index (χ2n) is 4.79. The van der Waals surface area contributed by atoms with Gasteiger partial charge in [-0.1, -0.05) is 29.7 Å². The standard InChI is InChI=1S/C16H23NO2/c1-4-19-15(18)16(8-10-17(3)11-9-16)14-7-5-6-13(2)12-14/h5-7,12H,4,8-11H2,1-3H3/i3D3,5D,6D,7D,12D. The molecular formula is C16H23NO2. The highest BCUT2D eigenvalue weighted by Crippen LogP contribution is 2.37. The number of benzene rings is 1. The molecule has 1 saturated heterocycles. The van der Waals surface area contributed by atoms with Gasteiger partial charge in [0.25, 0.3) is 0 Å². The Morgan fingerprint density at radius 1 is 1.53 bits per heavy atom. The van der Waals surface area contributed by atoms with Crippen molar-refractivity contribution in [3.8, 4) is 0 Å². The van der Waals surface area contributed by atoms with Gasteiger partial charge in [0.05, 0.1) is 17.5 Å². The van der Waals surface area contributed by atoms with E-state index < -0.39 is 18.4 Å². The maximum atomic E-state index is 12.8. The van der Waals surface area contributed by atoms with Crippen molar-refractivity contribution in [1.82, 2.24) is 4.90 Å². The zero-order valence-electron chi connectivity index (χ0n) is 18.3. The average molecular weight is 268 g/mol. The molecule has 0 N–H and O–H groups in total. The van der Waals surface area contributed by atoms with Crippen molar-refractivity contribution in [1.29, 1.82) is 0 Å². The topological polar surface area (TPSA) is 29.5 Å². The summed E-state index contributed by atoms with van der Waals surface area (Å²) in [6.45, 7) is 1.18. The Morgan fingerprint density at radius 3 is 2.89 bits per heavy atom. The average Bonchev–Trinajstić information content (AvgIpc) is 2.58. The number of carbonyl (C=O) groups is 1. The van der Waals surface area contributed by atoms with Crippen LogP contribution in [0.2, 0.25) is 0 Å². The Kier molecular flexibility index (Phi) is 2.25. The van der Waals surface area contributed by atoms with Gasteiger partial charge >= 0.3 is 5.97 Å². The molecule has 19 heavy (non-hydrogen) atoms. The summed E-state index contributed by atoms with van der Waals surface area (Å²) in [5.74, 6) is -0.608. The van der Waals surface area contributed by atoms with Crippen molar-refractivity contribution in [3.63, 3.8) is 0 Å². The summed E-state index contributed by atoms with van der Waals surface area (Å²) in [7, 11) is 0. The van der Waals surface area contributed by atoms with Crippen LogP contribution in [0.3, 0.4) is 0 Å². The van der Waals surface area contributed by atoms with Crippen LogP contribution in [0.5, 0.6) is 0 Å². The molecule has 1 aliphatic heterocycles. The number of esters is 1. The molecule has 0 unspecified atom stereocenters. The first-order valence-electron chi connectivity index (χ1n) is 9.97. The lowest BCUT2D eigenvalue weighted by Gasteiger charge is -2.39. The third-order valence-electron chi connectivity index (χ3n) is 3.51. The van der Waals surface area contributed by atoms with E-state index >= 15 is 0 Å². The minimum atomic E-state index is -2.28. The van der Waals surface area contributed by atoms with Crippen molar-refractivity contribution in [3.05, 3.63) is 35.3 Å². The number of rotatable bonds is 3. The number of ether oxygens (including phenoxy) is 1. The quantitative estimate of drug-likeness (QED) is 0.789. The SMILES string of the molecule is [2H]c1c([2H])c(C)c([2H])c(C2(C(=O)OCC)CCN(C([2H])([2H])[2H])CC2)c1[2H]. The molecule has 1 heterocycles. The van der Waals surface area contributed by atoms with Gasteiger partial charge in [0.1, 0.15) is 0 Å². The van der Waals surface area contributed by atoms with Gasteiger partial charge in [-0.25, -0.2) is 0 Å². The van der Waals surface area contributed by atoms with Crippen LogP contribution in [0.15, 0.2) is 24.2 Å². The summed E-state index contributed by atoms with van der Waals surface area (Å²) in [5, 5.41) is 0. The van der Waals surface area contributed by atoms with Gasteiger partial charge < -0.3 is 9.64 Å². The molecule has 0 atom stereocenters. The minimum absolute atomic E-state index is 0.0691. The molecular weight excluding hydrogens is 238 g/mol. The fourth-order valence-corrected chi connectivity index (χ4v) is 2.39. The number of piperidine rings is 1. The van der Waals surface area contributed by atoms with E-state index in [0.29, 0.717) is 0 Å². The Bertz CT molecular complexity index is 681. The first-order chi connectivity index (χ1) is 12.0. The van der Waals surface area contributed by atoms with Crippen molar-refractivity contribution < 1.29 is 19.1 Å². The lowest BCUT2D eigenvalue weighted by molar-refractivity contribution is -0.152. The molecule has 3 nitrogen and oxygen atoms in total. The van der Waals surface area contributed by atoms with Gasteiger partial charge in [-0.15, -0.1) is 0 Å². The lowest BCUT2D eigenvalue weighted by atomic mass is 9.72. The summed E-state index contributed by atoms with van der Waals surface area (Å²) in [6.07, 6.45) is 0.163. The van der Waals surface area contributed by atoms with Crippen LogP contribution in [0.25, 0.3) is 0 Å². The molecule has 0 spiro atoms. The fraction of sp³-hybridized carbons (Fsp3) is 0.562. The van der Waals surface area contributed by atoms with Crippen LogP contribution in [-0.4, -0.2) is 37.5 Å². The van der Waals surface area contributed by atoms with Gasteiger partial charge in [0, 0.05) is 4.11 Å². The smallest absolute Gasteiger partial charge is 0.316 e. The molecule has 3 heteroatoms. The zero-order chi connectivity index (χ0) is 19.9. The molecule has 1 aromatic carbocycles. The predicted molar refractivity (Wildman–Crippen MR) is 76.2 cm³/mol. The molecule has 2 rings (SSSR count). The number of carbonyl (C=O) groups excluding carboxylic acids is 1. The van der Waals surface area contributed by atoms with Crippen molar-refractivity contribution in [2.24, 2.45) is 0 Å². The van der Waals surface area contributed by atoms with Crippen molar-refractivity contribution >= 4 is 5.97 Å². The monoisotopic (exact) mass is 268 g/mol. The van der Waals surface area contributed by atoms with E-state index in [1.807, 2.05) is 0 Å². The Labute approximate surface area is 125 Å². The molecule has 1 fully saturated rings. The molecule has 0 saturated carbocycles. The molecule has 104 valence electrons. The highest BCUT2D eigenvalue weighted by atomic mass is 16.5. The van der Waals surface area contributed by atoms with E-state index in [-0.39, 0.29) is 67.8 Å². The summed E-state index contributed by atoms with van der Waals surface area (Å²) in [6, 6.07) is -0.995. The molecule has 1 aliphatic rings. The van der Waals surface area contributed by atoms with Gasteiger partial charge in [0.15, 0.2) is 0 Å². The summed E-state index contributed by atoms with van der Waals surface area (Å²) >= 11 is 0. The van der Waals surface area contributed by atoms with Gasteiger partial charge in [-0.2, -0.15) is 0 Å². The maximum Gasteiger partial charge on any atom is 0.316 e. The van der Waals surface area contributed by atoms with Crippen LogP contribution >= 0.6 is 0 Å². The third-order valence-corrected chi connectivity index (χ3v) is 3.51. The van der Waals surface area contributed by atoms with Gasteiger partial charge in [-0.3, -0.25) is 4.79 Å². The van der Waals surface area contributed by atoms with Crippen LogP contribution in [0.1, 0.15) is 40.5 Å². The highest BCUT2D eigenvalue weighted by Gasteiger charge is 2.43. The normalized spacial score (nSPS) is 25.1. The van der Waals surface area contributed by atoms with E-state index in [0.717, 1.165) is 0 Å². The van der Waals surface area contributed by atoms with Crippen molar-refractivity contribution in [2.75, 3.05) is 26.7 Å². The Balaban J connectivity index is 2.61. The Morgan fingerprint density at radius 2 is 2.26 bits per heavy atom. The third kappa shape index (κ3) is 2.81. The molecule has 0 radical (unpaired) electrons. The van der Waals surface area contributed by atoms with E-state index in [1.54, 1.807) is 6.92 Å². The Hall–Kier alpha value is -1.35. The number of nitrogens with zero attached hydrogens (tertiary/aromatic N) is 1. The second kappa shape index (κ2) is 5.74. The van der Waals surface area contributed by atoms with Crippen molar-refractivity contribution in [2.45, 2.75) is 32.1 Å². The molecule has 0 aliphatic carbocycles. The van der Waals surface area contributed by atoms with E-state index in [1.165, 1.54) is 11.8 Å². The summed E-state index contributed by atoms with van der Waals surface area (Å²) in [4.78, 5) is 14.1. The highest BCUT2D eigenvalue weighted by molar-refractivity contribution is 5.83. The summed E-state index contributed by atoms with van der Waals surface area (Å²) < 4.78 is 60.4. The fourth-order valence-electron chi connectivity index (χ4n) is 2.39. The molecule has 0 amide bonds. The maximum absolute atomic E-state index is 12.8. The predicted octanol–water partition coefficient (Wildman–Crippen LogP) is 2.52. The van der Waals surface area contributed by atoms with Crippen LogP contribution < -0.4 is 0 Å². The van der Waals surface area contributed by atoms with Crippen LogP contribution in [0.4, 0.5) is 0 Å². The second-order valence-corrected chi connectivity index (χ2v) is 4.79. The first kappa shape index (κ1) is 7.44. The molecule has 0 bridgehead atoms. The molecule has 1 aromatic rings. The first-order valence-corrected chi connectivity index (χ1v) is 6.47. The van der Waals surface area contributed by atoms with E-state index in [9.17, 15) is 4.79 Å². The lowest BCUT2D eigenvalue weighted by Crippen LogP contribution is -2.47. The van der Waals surface area contributed by atoms with Crippen LogP contribution in [0, 0.1) is 6.92 Å². The van der Waals surface area contributed by atoms with Gasteiger partial charge in [0.2, 0.25) is 0 Å². The minimum Gasteiger partial charge on any atom is -0.465 e. The number of hydrogen-bond acceptors (Lipinski definition) is 3. The number of likely N-dealkylation sites (tertiary alicyclic amines) is 1. The van der Waals surface area contributed by atoms with E-state index in [4.69, 9.17) is 14.3 Å². The van der Waals surface area contributed by atoms with Crippen LogP contribution in [-0.2, 0) is 14.9 Å².